The number of methoxy groups -OCH3 is 1. The molecule has 0 radical (unpaired) electrons. The van der Waals surface area contributed by atoms with E-state index in [0.717, 1.165) is 47.4 Å². The van der Waals surface area contributed by atoms with Gasteiger partial charge in [-0.15, -0.1) is 0 Å². The lowest BCUT2D eigenvalue weighted by atomic mass is 9.99. The Hall–Kier alpha value is -3.00. The van der Waals surface area contributed by atoms with Gasteiger partial charge in [0.25, 0.3) is 0 Å². The number of aryl methyl sites for hydroxylation is 2. The quantitative estimate of drug-likeness (QED) is 0.193. The van der Waals surface area contributed by atoms with Crippen LogP contribution in [0.1, 0.15) is 48.6 Å². The van der Waals surface area contributed by atoms with Crippen LogP contribution < -0.4 is 9.47 Å². The summed E-state index contributed by atoms with van der Waals surface area (Å²) < 4.78 is 16.7. The van der Waals surface area contributed by atoms with Crippen LogP contribution >= 0.6 is 23.2 Å². The molecule has 1 N–H and O–H groups in total. The van der Waals surface area contributed by atoms with Crippen molar-refractivity contribution in [3.8, 4) is 17.4 Å². The van der Waals surface area contributed by atoms with Gasteiger partial charge in [0.05, 0.1) is 10.0 Å². The molecular weight excluding hydrogens is 563 g/mol. The van der Waals surface area contributed by atoms with Crippen LogP contribution in [-0.4, -0.2) is 53.9 Å². The molecule has 0 saturated heterocycles. The van der Waals surface area contributed by atoms with Crippen LogP contribution in [0.2, 0.25) is 10.0 Å². The van der Waals surface area contributed by atoms with Gasteiger partial charge >= 0.3 is 0 Å². The Labute approximate surface area is 252 Å². The molecule has 41 heavy (non-hydrogen) atoms. The number of hydrogen-bond acceptors (Lipinski definition) is 6. The first-order valence-corrected chi connectivity index (χ1v) is 14.8. The van der Waals surface area contributed by atoms with Gasteiger partial charge in [0.2, 0.25) is 11.8 Å². The lowest BCUT2D eigenvalue weighted by Crippen LogP contribution is -2.37. The van der Waals surface area contributed by atoms with Gasteiger partial charge in [-0.25, -0.2) is 4.98 Å². The number of nitrogens with zero attached hydrogens (tertiary/aromatic N) is 2. The predicted octanol–water partition coefficient (Wildman–Crippen LogP) is 6.81. The largest absolute Gasteiger partial charge is 0.493 e. The number of carbonyl (C=O) groups is 1. The summed E-state index contributed by atoms with van der Waals surface area (Å²) >= 11 is 12.5. The van der Waals surface area contributed by atoms with Gasteiger partial charge in [-0.05, 0) is 86.1 Å². The summed E-state index contributed by atoms with van der Waals surface area (Å²) in [5.41, 5.74) is 3.74. The van der Waals surface area contributed by atoms with Crippen LogP contribution in [0.5, 0.6) is 17.4 Å². The van der Waals surface area contributed by atoms with Crippen molar-refractivity contribution in [2.75, 3.05) is 26.9 Å². The number of amides is 1. The maximum atomic E-state index is 13.5. The number of aromatic nitrogens is 1. The summed E-state index contributed by atoms with van der Waals surface area (Å²) in [5.74, 6) is 1.10. The SMILES string of the molecule is COCCCc1cc(CN(C(=O)C(C)Cc2ccc(OCCOc3c(Cl)cc(C)cc3Cl)cc2)C2CC2)cc(O)n1. The number of halogens is 2. The maximum Gasteiger partial charge on any atom is 0.226 e. The average molecular weight is 602 g/mol. The highest BCUT2D eigenvalue weighted by atomic mass is 35.5. The van der Waals surface area contributed by atoms with Crippen LogP contribution in [0.25, 0.3) is 0 Å². The summed E-state index contributed by atoms with van der Waals surface area (Å²) in [7, 11) is 1.67. The monoisotopic (exact) mass is 600 g/mol. The van der Waals surface area contributed by atoms with Gasteiger partial charge in [0.1, 0.15) is 19.0 Å². The molecule has 0 spiro atoms. The summed E-state index contributed by atoms with van der Waals surface area (Å²) in [6.45, 7) is 5.64. The molecule has 2 aromatic carbocycles. The van der Waals surface area contributed by atoms with E-state index in [1.165, 1.54) is 0 Å². The van der Waals surface area contributed by atoms with Gasteiger partial charge in [-0.3, -0.25) is 4.79 Å². The van der Waals surface area contributed by atoms with Crippen molar-refractivity contribution in [2.45, 2.75) is 58.5 Å². The normalized spacial score (nSPS) is 13.6. The molecule has 1 heterocycles. The first kappa shape index (κ1) is 30.9. The fraction of sp³-hybridized carbons (Fsp3) is 0.438. The first-order valence-electron chi connectivity index (χ1n) is 14.0. The van der Waals surface area contributed by atoms with E-state index < -0.39 is 0 Å². The highest BCUT2D eigenvalue weighted by Gasteiger charge is 2.34. The molecule has 1 atom stereocenters. The number of aromatic hydroxyl groups is 1. The maximum absolute atomic E-state index is 13.5. The van der Waals surface area contributed by atoms with E-state index in [4.69, 9.17) is 37.4 Å². The fourth-order valence-electron chi connectivity index (χ4n) is 4.79. The van der Waals surface area contributed by atoms with Crippen molar-refractivity contribution in [1.29, 1.82) is 0 Å². The number of hydrogen-bond donors (Lipinski definition) is 1. The zero-order valence-electron chi connectivity index (χ0n) is 23.9. The Morgan fingerprint density at radius 2 is 1.71 bits per heavy atom. The van der Waals surface area contributed by atoms with E-state index in [2.05, 4.69) is 4.98 Å². The summed E-state index contributed by atoms with van der Waals surface area (Å²) in [6, 6.07) is 15.3. The van der Waals surface area contributed by atoms with E-state index in [9.17, 15) is 9.90 Å². The third kappa shape index (κ3) is 9.25. The Balaban J connectivity index is 1.28. The smallest absolute Gasteiger partial charge is 0.226 e. The van der Waals surface area contributed by atoms with Crippen molar-refractivity contribution in [3.63, 3.8) is 0 Å². The molecular formula is C32H38Cl2N2O5. The molecule has 7 nitrogen and oxygen atoms in total. The number of pyridine rings is 1. The number of benzene rings is 2. The summed E-state index contributed by atoms with van der Waals surface area (Å²) in [6.07, 6.45) is 4.18. The summed E-state index contributed by atoms with van der Waals surface area (Å²) in [4.78, 5) is 19.7. The minimum Gasteiger partial charge on any atom is -0.493 e. The molecule has 1 fully saturated rings. The van der Waals surface area contributed by atoms with Crippen molar-refractivity contribution >= 4 is 29.1 Å². The van der Waals surface area contributed by atoms with Gasteiger partial charge < -0.3 is 24.2 Å². The topological polar surface area (TPSA) is 81.1 Å². The van der Waals surface area contributed by atoms with Gasteiger partial charge in [-0.1, -0.05) is 42.3 Å². The molecule has 4 rings (SSSR count). The molecule has 1 aliphatic rings. The van der Waals surface area contributed by atoms with Crippen LogP contribution in [0.3, 0.4) is 0 Å². The molecule has 0 bridgehead atoms. The molecule has 1 saturated carbocycles. The lowest BCUT2D eigenvalue weighted by molar-refractivity contribution is -0.136. The third-order valence-electron chi connectivity index (χ3n) is 6.96. The molecule has 220 valence electrons. The van der Waals surface area contributed by atoms with Crippen molar-refractivity contribution in [2.24, 2.45) is 5.92 Å². The second-order valence-corrected chi connectivity index (χ2v) is 11.4. The zero-order valence-corrected chi connectivity index (χ0v) is 25.4. The Kier molecular flexibility index (Phi) is 11.1. The van der Waals surface area contributed by atoms with E-state index in [1.54, 1.807) is 13.2 Å². The van der Waals surface area contributed by atoms with Crippen LogP contribution in [-0.2, 0) is 28.9 Å². The van der Waals surface area contributed by atoms with Crippen molar-refractivity contribution < 1.29 is 24.1 Å². The lowest BCUT2D eigenvalue weighted by Gasteiger charge is -2.26. The molecule has 1 aliphatic carbocycles. The molecule has 9 heteroatoms. The Morgan fingerprint density at radius 3 is 2.37 bits per heavy atom. The fourth-order valence-corrected chi connectivity index (χ4v) is 5.50. The van der Waals surface area contributed by atoms with Gasteiger partial charge in [0, 0.05) is 44.0 Å². The minimum atomic E-state index is -0.184. The zero-order chi connectivity index (χ0) is 29.4. The number of carbonyl (C=O) groups excluding carboxylic acids is 1. The summed E-state index contributed by atoms with van der Waals surface area (Å²) in [5, 5.41) is 11.1. The second kappa shape index (κ2) is 14.8. The van der Waals surface area contributed by atoms with Crippen LogP contribution in [0.15, 0.2) is 48.5 Å². The highest BCUT2D eigenvalue weighted by molar-refractivity contribution is 6.37. The molecule has 3 aromatic rings. The third-order valence-corrected chi connectivity index (χ3v) is 7.52. The Bertz CT molecular complexity index is 1290. The second-order valence-electron chi connectivity index (χ2n) is 10.6. The number of rotatable bonds is 15. The molecule has 1 aromatic heterocycles. The molecule has 1 amide bonds. The van der Waals surface area contributed by atoms with Gasteiger partial charge in [-0.2, -0.15) is 0 Å². The molecule has 1 unspecified atom stereocenters. The van der Waals surface area contributed by atoms with Crippen molar-refractivity contribution in [1.82, 2.24) is 9.88 Å². The minimum absolute atomic E-state index is 0.0113. The van der Waals surface area contributed by atoms with Crippen LogP contribution in [0.4, 0.5) is 0 Å². The van der Waals surface area contributed by atoms with E-state index in [0.29, 0.717) is 55.0 Å². The Morgan fingerprint density at radius 1 is 1.02 bits per heavy atom. The van der Waals surface area contributed by atoms with Crippen LogP contribution in [0, 0.1) is 12.8 Å². The molecule has 0 aliphatic heterocycles. The van der Waals surface area contributed by atoms with Gasteiger partial charge in [0.15, 0.2) is 5.75 Å². The standard InChI is InChI=1S/C32H38Cl2N2O5/c1-21-15-28(33)31(29(34)16-21)41-14-13-40-27-10-6-23(7-11-27)17-22(2)32(38)36(26-8-9-26)20-24-18-25(5-4-12-39-3)35-30(37)19-24/h6-7,10-11,15-16,18-19,22,26H,4-5,8-9,12-14,17,20H2,1-3H3,(H,35,37). The first-order chi connectivity index (χ1) is 19.7. The van der Waals surface area contributed by atoms with Crippen molar-refractivity contribution in [3.05, 3.63) is 81.0 Å². The predicted molar refractivity (Wildman–Crippen MR) is 161 cm³/mol. The highest BCUT2D eigenvalue weighted by Crippen LogP contribution is 2.34. The van der Waals surface area contributed by atoms with E-state index >= 15 is 0 Å². The average Bonchev–Trinajstić information content (AvgIpc) is 3.77. The number of ether oxygens (including phenoxy) is 3. The van der Waals surface area contributed by atoms with E-state index in [1.807, 2.05) is 61.2 Å². The van der Waals surface area contributed by atoms with E-state index in [-0.39, 0.29) is 23.7 Å².